The second-order valence-corrected chi connectivity index (χ2v) is 2.62. The zero-order chi connectivity index (χ0) is 10.0. The molecule has 0 aromatic carbocycles. The lowest BCUT2D eigenvalue weighted by Gasteiger charge is -2.06. The van der Waals surface area contributed by atoms with Crippen LogP contribution in [0, 0.1) is 0 Å². The molecular weight excluding hydrogens is 174 g/mol. The molecule has 0 bridgehead atoms. The zero-order valence-electron chi connectivity index (χ0n) is 7.23. The van der Waals surface area contributed by atoms with Crippen LogP contribution in [0.25, 0.3) is 0 Å². The summed E-state index contributed by atoms with van der Waals surface area (Å²) in [5.41, 5.74) is 4.37. The van der Waals surface area contributed by atoms with Crippen molar-refractivity contribution in [2.24, 2.45) is 7.05 Å². The van der Waals surface area contributed by atoms with Crippen LogP contribution in [0.2, 0.25) is 0 Å². The summed E-state index contributed by atoms with van der Waals surface area (Å²) < 4.78 is 2.08. The van der Waals surface area contributed by atoms with E-state index >= 15 is 0 Å². The third kappa shape index (κ3) is 1.62. The van der Waals surface area contributed by atoms with Gasteiger partial charge in [0.25, 0.3) is 5.56 Å². The summed E-state index contributed by atoms with van der Waals surface area (Å²) in [4.78, 5) is 22.5. The third-order valence-electron chi connectivity index (χ3n) is 1.77. The molecule has 0 unspecified atom stereocenters. The predicted molar refractivity (Wildman–Crippen MR) is 47.4 cm³/mol. The number of rotatable bonds is 2. The summed E-state index contributed by atoms with van der Waals surface area (Å²) in [5.74, 6) is 0.115. The fraction of sp³-hybridized carbons (Fsp3) is 0.429. The van der Waals surface area contributed by atoms with Gasteiger partial charge in [-0.3, -0.25) is 13.9 Å². The van der Waals surface area contributed by atoms with E-state index < -0.39 is 11.2 Å². The van der Waals surface area contributed by atoms with Gasteiger partial charge in [0.2, 0.25) is 0 Å². The normalized spacial score (nSPS) is 10.3. The molecule has 6 heteroatoms. The predicted octanol–water partition coefficient (Wildman–Crippen LogP) is -1.88. The first kappa shape index (κ1) is 9.53. The quantitative estimate of drug-likeness (QED) is 0.564. The maximum Gasteiger partial charge on any atom is 0.332 e. The second kappa shape index (κ2) is 3.44. The zero-order valence-corrected chi connectivity index (χ0v) is 7.23. The first-order valence-electron chi connectivity index (χ1n) is 3.75. The molecule has 6 nitrogen and oxygen atoms in total. The molecule has 0 amide bonds. The van der Waals surface area contributed by atoms with Crippen molar-refractivity contribution in [3.63, 3.8) is 0 Å². The Morgan fingerprint density at radius 1 is 1.54 bits per heavy atom. The molecule has 1 aromatic heterocycles. The van der Waals surface area contributed by atoms with Crippen LogP contribution < -0.4 is 17.0 Å². The molecule has 0 saturated carbocycles. The minimum absolute atomic E-state index is 0.00815. The lowest BCUT2D eigenvalue weighted by Crippen LogP contribution is -2.40. The molecule has 3 N–H and O–H groups in total. The lowest BCUT2D eigenvalue weighted by molar-refractivity contribution is 0.270. The van der Waals surface area contributed by atoms with Crippen LogP contribution in [0.1, 0.15) is 0 Å². The summed E-state index contributed by atoms with van der Waals surface area (Å²) in [5, 5.41) is 8.59. The first-order valence-corrected chi connectivity index (χ1v) is 3.75. The Morgan fingerprint density at radius 2 is 2.15 bits per heavy atom. The minimum atomic E-state index is -0.515. The molecule has 0 aliphatic rings. The fourth-order valence-electron chi connectivity index (χ4n) is 0.993. The number of nitrogens with two attached hydrogens (primary N) is 1. The van der Waals surface area contributed by atoms with E-state index in [4.69, 9.17) is 10.8 Å². The van der Waals surface area contributed by atoms with Gasteiger partial charge in [0.1, 0.15) is 5.82 Å². The van der Waals surface area contributed by atoms with E-state index in [2.05, 4.69) is 0 Å². The minimum Gasteiger partial charge on any atom is -0.395 e. The summed E-state index contributed by atoms with van der Waals surface area (Å²) in [6.07, 6.45) is 0. The van der Waals surface area contributed by atoms with Gasteiger partial charge in [-0.05, 0) is 0 Å². The molecule has 1 rings (SSSR count). The van der Waals surface area contributed by atoms with Crippen molar-refractivity contribution in [1.29, 1.82) is 0 Å². The standard InChI is InChI=1S/C7H11N3O3/c1-9-5(8)4-6(12)10(2-3-11)7(9)13/h4,11H,2-3,8H2,1H3. The molecule has 0 radical (unpaired) electrons. The number of aliphatic hydroxyl groups is 1. The molecule has 0 fully saturated rings. The van der Waals surface area contributed by atoms with Gasteiger partial charge in [0, 0.05) is 13.1 Å². The number of hydrogen-bond acceptors (Lipinski definition) is 4. The van der Waals surface area contributed by atoms with E-state index in [0.29, 0.717) is 0 Å². The monoisotopic (exact) mass is 185 g/mol. The fourth-order valence-corrected chi connectivity index (χ4v) is 0.993. The smallest absolute Gasteiger partial charge is 0.332 e. The van der Waals surface area contributed by atoms with Crippen molar-refractivity contribution in [2.75, 3.05) is 12.3 Å². The Labute approximate surface area is 73.8 Å². The SMILES string of the molecule is Cn1c(N)cc(=O)n(CCO)c1=O. The van der Waals surface area contributed by atoms with Gasteiger partial charge in [-0.15, -0.1) is 0 Å². The molecule has 1 aromatic rings. The molecule has 0 atom stereocenters. The third-order valence-corrected chi connectivity index (χ3v) is 1.77. The van der Waals surface area contributed by atoms with E-state index in [-0.39, 0.29) is 19.0 Å². The number of anilines is 1. The molecule has 1 heterocycles. The van der Waals surface area contributed by atoms with E-state index in [9.17, 15) is 9.59 Å². The highest BCUT2D eigenvalue weighted by Crippen LogP contribution is 1.88. The second-order valence-electron chi connectivity index (χ2n) is 2.62. The summed E-state index contributed by atoms with van der Waals surface area (Å²) in [6, 6.07) is 1.15. The molecular formula is C7H11N3O3. The molecule has 0 saturated heterocycles. The maximum atomic E-state index is 11.3. The van der Waals surface area contributed by atoms with Gasteiger partial charge in [0.15, 0.2) is 0 Å². The average molecular weight is 185 g/mol. The largest absolute Gasteiger partial charge is 0.395 e. The Hall–Kier alpha value is -1.56. The van der Waals surface area contributed by atoms with Crippen LogP contribution in [0.3, 0.4) is 0 Å². The van der Waals surface area contributed by atoms with Crippen molar-refractivity contribution >= 4 is 5.82 Å². The Kier molecular flexibility index (Phi) is 2.52. The van der Waals surface area contributed by atoms with E-state index in [0.717, 1.165) is 15.2 Å². The Morgan fingerprint density at radius 3 is 2.69 bits per heavy atom. The van der Waals surface area contributed by atoms with Gasteiger partial charge in [-0.1, -0.05) is 0 Å². The Balaban J connectivity index is 3.45. The highest BCUT2D eigenvalue weighted by molar-refractivity contribution is 5.25. The van der Waals surface area contributed by atoms with Crippen LogP contribution >= 0.6 is 0 Å². The van der Waals surface area contributed by atoms with Gasteiger partial charge >= 0.3 is 5.69 Å². The van der Waals surface area contributed by atoms with E-state index in [1.54, 1.807) is 0 Å². The lowest BCUT2D eigenvalue weighted by atomic mass is 10.5. The summed E-state index contributed by atoms with van der Waals surface area (Å²) in [6.45, 7) is -0.259. The molecule has 0 aliphatic carbocycles. The number of aliphatic hydroxyl groups excluding tert-OH is 1. The van der Waals surface area contributed by atoms with Crippen LogP contribution in [0.15, 0.2) is 15.7 Å². The van der Waals surface area contributed by atoms with Crippen molar-refractivity contribution in [3.8, 4) is 0 Å². The maximum absolute atomic E-state index is 11.3. The van der Waals surface area contributed by atoms with Crippen LogP contribution in [0.4, 0.5) is 5.82 Å². The van der Waals surface area contributed by atoms with Crippen molar-refractivity contribution < 1.29 is 5.11 Å². The summed E-state index contributed by atoms with van der Waals surface area (Å²) >= 11 is 0. The number of nitrogens with zero attached hydrogens (tertiary/aromatic N) is 2. The van der Waals surface area contributed by atoms with Crippen LogP contribution in [-0.2, 0) is 13.6 Å². The topological polar surface area (TPSA) is 90.2 Å². The number of nitrogen functional groups attached to an aromatic ring is 1. The molecule has 0 aliphatic heterocycles. The van der Waals surface area contributed by atoms with Crippen LogP contribution in [-0.4, -0.2) is 20.8 Å². The molecule has 72 valence electrons. The van der Waals surface area contributed by atoms with E-state index in [1.807, 2.05) is 0 Å². The van der Waals surface area contributed by atoms with Crippen molar-refractivity contribution in [3.05, 3.63) is 26.9 Å². The highest BCUT2D eigenvalue weighted by Gasteiger charge is 2.04. The van der Waals surface area contributed by atoms with E-state index in [1.165, 1.54) is 7.05 Å². The number of aromatic nitrogens is 2. The highest BCUT2D eigenvalue weighted by atomic mass is 16.3. The van der Waals surface area contributed by atoms with Crippen molar-refractivity contribution in [1.82, 2.24) is 9.13 Å². The van der Waals surface area contributed by atoms with Gasteiger partial charge in [0.05, 0.1) is 13.2 Å². The molecule has 0 spiro atoms. The van der Waals surface area contributed by atoms with Gasteiger partial charge in [-0.2, -0.15) is 0 Å². The Bertz CT molecular complexity index is 418. The van der Waals surface area contributed by atoms with Gasteiger partial charge < -0.3 is 10.8 Å². The number of hydrogen-bond donors (Lipinski definition) is 2. The molecule has 13 heavy (non-hydrogen) atoms. The van der Waals surface area contributed by atoms with Crippen LogP contribution in [0.5, 0.6) is 0 Å². The van der Waals surface area contributed by atoms with Gasteiger partial charge in [-0.25, -0.2) is 4.79 Å². The van der Waals surface area contributed by atoms with Crippen molar-refractivity contribution in [2.45, 2.75) is 6.54 Å². The average Bonchev–Trinajstić information content (AvgIpc) is 2.09. The summed E-state index contributed by atoms with van der Waals surface area (Å²) in [7, 11) is 1.46. The first-order chi connectivity index (χ1) is 6.07.